The molecule has 4 rings (SSSR count). The molecule has 126 valence electrons. The van der Waals surface area contributed by atoms with Crippen molar-refractivity contribution in [3.8, 4) is 11.3 Å². The number of aromatic nitrogens is 3. The van der Waals surface area contributed by atoms with Gasteiger partial charge < -0.3 is 10.2 Å². The van der Waals surface area contributed by atoms with Crippen LogP contribution >= 0.6 is 0 Å². The molecule has 5 nitrogen and oxygen atoms in total. The second-order valence-electron chi connectivity index (χ2n) is 6.42. The van der Waals surface area contributed by atoms with Crippen molar-refractivity contribution in [2.24, 2.45) is 0 Å². The van der Waals surface area contributed by atoms with Gasteiger partial charge in [-0.25, -0.2) is 9.50 Å². The second-order valence-corrected chi connectivity index (χ2v) is 6.42. The first-order chi connectivity index (χ1) is 12.2. The molecular formula is C20H21N5. The Morgan fingerprint density at radius 2 is 1.84 bits per heavy atom. The Morgan fingerprint density at radius 3 is 2.68 bits per heavy atom. The summed E-state index contributed by atoms with van der Waals surface area (Å²) >= 11 is 0. The van der Waals surface area contributed by atoms with Gasteiger partial charge in [-0.05, 0) is 43.1 Å². The smallest absolute Gasteiger partial charge is 0.154 e. The van der Waals surface area contributed by atoms with Crippen molar-refractivity contribution in [2.45, 2.75) is 0 Å². The summed E-state index contributed by atoms with van der Waals surface area (Å²) in [5.41, 5.74) is 2.96. The minimum absolute atomic E-state index is 0.848. The van der Waals surface area contributed by atoms with Crippen LogP contribution in [0.15, 0.2) is 60.8 Å². The Bertz CT molecular complexity index is 1020. The van der Waals surface area contributed by atoms with Crippen LogP contribution in [0, 0.1) is 0 Å². The third kappa shape index (κ3) is 3.19. The zero-order valence-corrected chi connectivity index (χ0v) is 14.5. The van der Waals surface area contributed by atoms with Crippen molar-refractivity contribution >= 4 is 22.2 Å². The normalized spacial score (nSPS) is 11.5. The summed E-state index contributed by atoms with van der Waals surface area (Å²) in [6.07, 6.45) is 1.88. The molecule has 0 radical (unpaired) electrons. The van der Waals surface area contributed by atoms with E-state index >= 15 is 0 Å². The van der Waals surface area contributed by atoms with Crippen molar-refractivity contribution < 1.29 is 0 Å². The van der Waals surface area contributed by atoms with Crippen LogP contribution in [0.5, 0.6) is 0 Å². The molecular weight excluding hydrogens is 310 g/mol. The first-order valence-electron chi connectivity index (χ1n) is 8.43. The molecule has 2 aromatic carbocycles. The predicted molar refractivity (Wildman–Crippen MR) is 103 cm³/mol. The lowest BCUT2D eigenvalue weighted by Crippen LogP contribution is -2.21. The lowest BCUT2D eigenvalue weighted by molar-refractivity contribution is 0.425. The number of nitrogens with zero attached hydrogens (tertiary/aromatic N) is 4. The number of hydrogen-bond donors (Lipinski definition) is 1. The Kier molecular flexibility index (Phi) is 4.07. The number of imidazole rings is 1. The summed E-state index contributed by atoms with van der Waals surface area (Å²) < 4.78 is 1.90. The fraction of sp³-hybridized carbons (Fsp3) is 0.200. The molecule has 25 heavy (non-hydrogen) atoms. The van der Waals surface area contributed by atoms with Gasteiger partial charge in [0, 0.05) is 18.7 Å². The number of fused-ring (bicyclic) bond motifs is 2. The average Bonchev–Trinajstić information content (AvgIpc) is 3.04. The summed E-state index contributed by atoms with van der Waals surface area (Å²) in [4.78, 5) is 6.63. The number of nitrogens with one attached hydrogen (secondary N) is 1. The first-order valence-corrected chi connectivity index (χ1v) is 8.43. The molecule has 0 saturated carbocycles. The van der Waals surface area contributed by atoms with Gasteiger partial charge in [-0.15, -0.1) is 5.10 Å². The van der Waals surface area contributed by atoms with Gasteiger partial charge in [0.25, 0.3) is 0 Å². The van der Waals surface area contributed by atoms with Gasteiger partial charge in [0.05, 0.1) is 11.9 Å². The Hall–Kier alpha value is -2.92. The van der Waals surface area contributed by atoms with E-state index in [4.69, 9.17) is 5.10 Å². The predicted octanol–water partition coefficient (Wildman–Crippen LogP) is 3.52. The van der Waals surface area contributed by atoms with Gasteiger partial charge in [-0.2, -0.15) is 0 Å². The molecule has 0 aliphatic heterocycles. The van der Waals surface area contributed by atoms with Crippen LogP contribution in [0.3, 0.4) is 0 Å². The molecule has 0 aliphatic rings. The highest BCUT2D eigenvalue weighted by Crippen LogP contribution is 2.25. The minimum Gasteiger partial charge on any atom is -0.367 e. The zero-order chi connectivity index (χ0) is 17.2. The lowest BCUT2D eigenvalue weighted by Gasteiger charge is -2.11. The summed E-state index contributed by atoms with van der Waals surface area (Å²) in [6.45, 7) is 1.81. The lowest BCUT2D eigenvalue weighted by atomic mass is 10.1. The molecule has 5 heteroatoms. The van der Waals surface area contributed by atoms with Crippen molar-refractivity contribution in [3.05, 3.63) is 60.8 Å². The standard InChI is InChI=1S/C20H21N5/c1-24(2)12-11-21-19-9-10-20-22-14-18(25(20)23-19)17-8-7-15-5-3-4-6-16(15)13-17/h3-10,13-14H,11-12H2,1-2H3,(H,21,23). The number of benzene rings is 2. The Morgan fingerprint density at radius 1 is 1.00 bits per heavy atom. The van der Waals surface area contributed by atoms with E-state index in [2.05, 4.69) is 71.8 Å². The van der Waals surface area contributed by atoms with Crippen LogP contribution in [0.2, 0.25) is 0 Å². The molecule has 0 amide bonds. The van der Waals surface area contributed by atoms with Crippen molar-refractivity contribution in [3.63, 3.8) is 0 Å². The Labute approximate surface area is 146 Å². The average molecular weight is 331 g/mol. The van der Waals surface area contributed by atoms with Crippen molar-refractivity contribution in [2.75, 3.05) is 32.5 Å². The summed E-state index contributed by atoms with van der Waals surface area (Å²) in [5, 5.41) is 10.5. The number of rotatable bonds is 5. The third-order valence-corrected chi connectivity index (χ3v) is 4.27. The van der Waals surface area contributed by atoms with E-state index in [1.165, 1.54) is 10.8 Å². The zero-order valence-electron chi connectivity index (χ0n) is 14.5. The van der Waals surface area contributed by atoms with Crippen LogP contribution in [0.25, 0.3) is 27.7 Å². The monoisotopic (exact) mass is 331 g/mol. The van der Waals surface area contributed by atoms with Crippen LogP contribution in [0.4, 0.5) is 5.82 Å². The maximum Gasteiger partial charge on any atom is 0.154 e. The van der Waals surface area contributed by atoms with E-state index in [-0.39, 0.29) is 0 Å². The van der Waals surface area contributed by atoms with Gasteiger partial charge in [0.2, 0.25) is 0 Å². The molecule has 0 fully saturated rings. The maximum absolute atomic E-state index is 4.71. The molecule has 2 aromatic heterocycles. The molecule has 0 aliphatic carbocycles. The molecule has 4 aromatic rings. The first kappa shape index (κ1) is 15.6. The van der Waals surface area contributed by atoms with E-state index in [1.54, 1.807) is 0 Å². The highest BCUT2D eigenvalue weighted by Gasteiger charge is 2.08. The largest absolute Gasteiger partial charge is 0.367 e. The topological polar surface area (TPSA) is 45.5 Å². The van der Waals surface area contributed by atoms with Crippen molar-refractivity contribution in [1.82, 2.24) is 19.5 Å². The summed E-state index contributed by atoms with van der Waals surface area (Å²) in [6, 6.07) is 18.8. The fourth-order valence-corrected chi connectivity index (χ4v) is 2.92. The molecule has 2 heterocycles. The van der Waals surface area contributed by atoms with E-state index < -0.39 is 0 Å². The van der Waals surface area contributed by atoms with Gasteiger partial charge in [-0.1, -0.05) is 36.4 Å². The van der Waals surface area contributed by atoms with Crippen LogP contribution in [-0.4, -0.2) is 46.7 Å². The molecule has 0 atom stereocenters. The number of anilines is 1. The summed E-state index contributed by atoms with van der Waals surface area (Å²) in [7, 11) is 4.12. The van der Waals surface area contributed by atoms with Crippen molar-refractivity contribution in [1.29, 1.82) is 0 Å². The molecule has 0 unspecified atom stereocenters. The van der Waals surface area contributed by atoms with Gasteiger partial charge in [0.15, 0.2) is 5.65 Å². The van der Waals surface area contributed by atoms with E-state index in [0.29, 0.717) is 0 Å². The highest BCUT2D eigenvalue weighted by atomic mass is 15.3. The second kappa shape index (κ2) is 6.53. The highest BCUT2D eigenvalue weighted by molar-refractivity contribution is 5.87. The van der Waals surface area contributed by atoms with Gasteiger partial charge in [-0.3, -0.25) is 0 Å². The van der Waals surface area contributed by atoms with Gasteiger partial charge in [0.1, 0.15) is 5.82 Å². The number of hydrogen-bond acceptors (Lipinski definition) is 4. The van der Waals surface area contributed by atoms with E-state index in [1.807, 2.05) is 22.8 Å². The van der Waals surface area contributed by atoms with Crippen LogP contribution < -0.4 is 5.32 Å². The third-order valence-electron chi connectivity index (χ3n) is 4.27. The quantitative estimate of drug-likeness (QED) is 0.608. The molecule has 0 spiro atoms. The summed E-state index contributed by atoms with van der Waals surface area (Å²) in [5.74, 6) is 0.856. The fourth-order valence-electron chi connectivity index (χ4n) is 2.92. The van der Waals surface area contributed by atoms with Gasteiger partial charge >= 0.3 is 0 Å². The molecule has 1 N–H and O–H groups in total. The number of likely N-dealkylation sites (N-methyl/N-ethyl adjacent to an activating group) is 1. The Balaban J connectivity index is 1.70. The molecule has 0 saturated heterocycles. The van der Waals surface area contributed by atoms with Crippen LogP contribution in [0.1, 0.15) is 0 Å². The van der Waals surface area contributed by atoms with Crippen LogP contribution in [-0.2, 0) is 0 Å². The van der Waals surface area contributed by atoms with E-state index in [0.717, 1.165) is 35.8 Å². The van der Waals surface area contributed by atoms with E-state index in [9.17, 15) is 0 Å². The minimum atomic E-state index is 0.848. The maximum atomic E-state index is 4.71. The SMILES string of the molecule is CN(C)CCNc1ccc2ncc(-c3ccc4ccccc4c3)n2n1. The molecule has 0 bridgehead atoms.